The van der Waals surface area contributed by atoms with Crippen LogP contribution >= 0.6 is 23.2 Å². The lowest BCUT2D eigenvalue weighted by Gasteiger charge is -2.38. The molecule has 1 amide bonds. The van der Waals surface area contributed by atoms with Crippen molar-refractivity contribution in [2.24, 2.45) is 0 Å². The summed E-state index contributed by atoms with van der Waals surface area (Å²) in [4.78, 5) is 25.5. The monoisotopic (exact) mass is 586 g/mol. The molecule has 39 heavy (non-hydrogen) atoms. The van der Waals surface area contributed by atoms with Crippen molar-refractivity contribution in [3.63, 3.8) is 0 Å². The summed E-state index contributed by atoms with van der Waals surface area (Å²) in [7, 11) is 0. The molecule has 1 aliphatic rings. The largest absolute Gasteiger partial charge is 0.367 e. The molecule has 1 saturated heterocycles. The summed E-state index contributed by atoms with van der Waals surface area (Å²) in [5, 5.41) is 13.8. The molecule has 1 N–H and O–H groups in total. The van der Waals surface area contributed by atoms with Crippen molar-refractivity contribution >= 4 is 57.9 Å². The van der Waals surface area contributed by atoms with Crippen LogP contribution in [0.4, 0.5) is 44.7 Å². The fourth-order valence-electron chi connectivity index (χ4n) is 4.01. The Bertz CT molecular complexity index is 1470. The maximum absolute atomic E-state index is 14.2. The summed E-state index contributed by atoms with van der Waals surface area (Å²) in [5.41, 5.74) is 0.00192. The first-order chi connectivity index (χ1) is 18.5. The van der Waals surface area contributed by atoms with Crippen LogP contribution in [-0.4, -0.2) is 37.0 Å². The number of rotatable bonds is 6. The molecule has 0 aromatic heterocycles. The van der Waals surface area contributed by atoms with E-state index in [4.69, 9.17) is 23.2 Å². The van der Waals surface area contributed by atoms with Gasteiger partial charge in [-0.1, -0.05) is 29.3 Å². The SMILES string of the molecule is O=C(C=Cc1ccc(Cl)c([N+](=O)[O-])c1)Nc1ccc(N2CCN(c3c(F)c(F)c(F)c(F)c3F)CC2)c(Cl)c1. The van der Waals surface area contributed by atoms with Gasteiger partial charge in [0.1, 0.15) is 10.7 Å². The number of nitro benzene ring substituents is 1. The van der Waals surface area contributed by atoms with Gasteiger partial charge in [0.2, 0.25) is 11.7 Å². The van der Waals surface area contributed by atoms with Crippen LogP contribution in [0.2, 0.25) is 10.0 Å². The molecule has 0 bridgehead atoms. The lowest BCUT2D eigenvalue weighted by Crippen LogP contribution is -2.47. The zero-order valence-corrected chi connectivity index (χ0v) is 21.2. The van der Waals surface area contributed by atoms with Crippen LogP contribution in [0, 0.1) is 39.2 Å². The Hall–Kier alpha value is -3.90. The maximum atomic E-state index is 14.2. The van der Waals surface area contributed by atoms with Gasteiger partial charge < -0.3 is 15.1 Å². The van der Waals surface area contributed by atoms with Crippen LogP contribution in [-0.2, 0) is 4.79 Å². The lowest BCUT2D eigenvalue weighted by atomic mass is 10.1. The first-order valence-electron chi connectivity index (χ1n) is 11.2. The zero-order chi connectivity index (χ0) is 28.4. The van der Waals surface area contributed by atoms with E-state index in [1.54, 1.807) is 17.0 Å². The summed E-state index contributed by atoms with van der Waals surface area (Å²) in [6.45, 7) is 0.253. The predicted molar refractivity (Wildman–Crippen MR) is 138 cm³/mol. The van der Waals surface area contributed by atoms with Crippen molar-refractivity contribution in [2.75, 3.05) is 41.3 Å². The molecule has 0 unspecified atom stereocenters. The fraction of sp³-hybridized carbons (Fsp3) is 0.160. The van der Waals surface area contributed by atoms with Crippen molar-refractivity contribution < 1.29 is 31.7 Å². The van der Waals surface area contributed by atoms with Gasteiger partial charge >= 0.3 is 0 Å². The number of carbonyl (C=O) groups excluding carboxylic acids is 1. The summed E-state index contributed by atoms with van der Waals surface area (Å²) in [6.07, 6.45) is 2.55. The second-order valence-corrected chi connectivity index (χ2v) is 9.16. The first kappa shape index (κ1) is 28.1. The molecule has 204 valence electrons. The van der Waals surface area contributed by atoms with Gasteiger partial charge in [-0.05, 0) is 35.9 Å². The van der Waals surface area contributed by atoms with E-state index in [0.717, 1.165) is 4.90 Å². The smallest absolute Gasteiger partial charge is 0.288 e. The van der Waals surface area contributed by atoms with Gasteiger partial charge in [0.15, 0.2) is 23.3 Å². The third-order valence-electron chi connectivity index (χ3n) is 5.93. The average Bonchev–Trinajstić information content (AvgIpc) is 2.91. The number of benzene rings is 3. The quantitative estimate of drug-likeness (QED) is 0.0882. The predicted octanol–water partition coefficient (Wildman–Crippen LogP) is 6.58. The minimum absolute atomic E-state index is 0.0321. The van der Waals surface area contributed by atoms with Crippen molar-refractivity contribution in [3.8, 4) is 0 Å². The summed E-state index contributed by atoms with van der Waals surface area (Å²) >= 11 is 12.2. The number of hydrogen-bond donors (Lipinski definition) is 1. The van der Waals surface area contributed by atoms with Crippen LogP contribution in [0.15, 0.2) is 42.5 Å². The Balaban J connectivity index is 1.40. The van der Waals surface area contributed by atoms with E-state index in [9.17, 15) is 36.9 Å². The molecule has 0 spiro atoms. The van der Waals surface area contributed by atoms with E-state index in [1.807, 2.05) is 0 Å². The topological polar surface area (TPSA) is 78.7 Å². The molecule has 3 aromatic carbocycles. The summed E-state index contributed by atoms with van der Waals surface area (Å²) < 4.78 is 68.9. The lowest BCUT2D eigenvalue weighted by molar-refractivity contribution is -0.384. The van der Waals surface area contributed by atoms with Crippen LogP contribution in [0.1, 0.15) is 5.56 Å². The van der Waals surface area contributed by atoms with Crippen molar-refractivity contribution in [1.82, 2.24) is 0 Å². The number of halogens is 7. The highest BCUT2D eigenvalue weighted by molar-refractivity contribution is 6.33. The van der Waals surface area contributed by atoms with E-state index >= 15 is 0 Å². The molecule has 0 aliphatic carbocycles. The molecule has 1 fully saturated rings. The third kappa shape index (κ3) is 5.91. The number of nitrogens with zero attached hydrogens (tertiary/aromatic N) is 3. The van der Waals surface area contributed by atoms with Crippen LogP contribution in [0.5, 0.6) is 0 Å². The van der Waals surface area contributed by atoms with Gasteiger partial charge in [-0.15, -0.1) is 0 Å². The minimum atomic E-state index is -2.21. The van der Waals surface area contributed by atoms with E-state index in [1.165, 1.54) is 36.4 Å². The van der Waals surface area contributed by atoms with Gasteiger partial charge in [0, 0.05) is 44.0 Å². The zero-order valence-electron chi connectivity index (χ0n) is 19.7. The highest BCUT2D eigenvalue weighted by Gasteiger charge is 2.31. The minimum Gasteiger partial charge on any atom is -0.367 e. The summed E-state index contributed by atoms with van der Waals surface area (Å²) in [5.74, 6) is -10.5. The van der Waals surface area contributed by atoms with Crippen molar-refractivity contribution in [3.05, 3.63) is 97.3 Å². The van der Waals surface area contributed by atoms with Crippen LogP contribution < -0.4 is 15.1 Å². The second kappa shape index (κ2) is 11.5. The number of anilines is 3. The van der Waals surface area contributed by atoms with E-state index in [-0.39, 0.29) is 41.9 Å². The standard InChI is InChI=1S/C25H17Cl2F5N4O3/c26-15-4-1-13(11-18(15)36(38)39)2-6-19(37)33-14-3-5-17(16(27)12-14)34-7-9-35(10-8-34)25-23(31)21(29)20(28)22(30)24(25)32/h1-6,11-12H,7-10H2,(H,33,37). The molecule has 3 aromatic rings. The van der Waals surface area contributed by atoms with Crippen LogP contribution in [0.3, 0.4) is 0 Å². The third-order valence-corrected chi connectivity index (χ3v) is 6.55. The normalized spacial score (nSPS) is 13.7. The Morgan fingerprint density at radius 1 is 0.846 bits per heavy atom. The number of carbonyl (C=O) groups is 1. The maximum Gasteiger partial charge on any atom is 0.288 e. The molecule has 1 aliphatic heterocycles. The Labute approximate surface area is 228 Å². The summed E-state index contributed by atoms with van der Waals surface area (Å²) in [6, 6.07) is 8.74. The van der Waals surface area contributed by atoms with Crippen molar-refractivity contribution in [2.45, 2.75) is 0 Å². The number of hydrogen-bond acceptors (Lipinski definition) is 5. The van der Waals surface area contributed by atoms with E-state index in [2.05, 4.69) is 5.32 Å². The fourth-order valence-corrected chi connectivity index (χ4v) is 4.50. The molecular weight excluding hydrogens is 570 g/mol. The molecule has 1 heterocycles. The van der Waals surface area contributed by atoms with E-state index in [0.29, 0.717) is 16.9 Å². The first-order valence-corrected chi connectivity index (χ1v) is 12.0. The van der Waals surface area contributed by atoms with E-state index < -0.39 is 45.6 Å². The molecular formula is C25H17Cl2F5N4O3. The van der Waals surface area contributed by atoms with Crippen LogP contribution in [0.25, 0.3) is 6.08 Å². The average molecular weight is 587 g/mol. The Morgan fingerprint density at radius 3 is 2.03 bits per heavy atom. The molecule has 0 radical (unpaired) electrons. The van der Waals surface area contributed by atoms with Gasteiger partial charge in [-0.2, -0.15) is 0 Å². The Kier molecular flexibility index (Phi) is 8.26. The molecule has 0 atom stereocenters. The Morgan fingerprint density at radius 2 is 1.44 bits per heavy atom. The van der Waals surface area contributed by atoms with Gasteiger partial charge in [-0.3, -0.25) is 14.9 Å². The number of nitrogens with one attached hydrogen (secondary N) is 1. The number of nitro groups is 1. The molecule has 4 rings (SSSR count). The number of amides is 1. The number of piperazine rings is 1. The molecule has 7 nitrogen and oxygen atoms in total. The highest BCUT2D eigenvalue weighted by atomic mass is 35.5. The van der Waals surface area contributed by atoms with Gasteiger partial charge in [0.05, 0.1) is 15.6 Å². The van der Waals surface area contributed by atoms with Crippen molar-refractivity contribution in [1.29, 1.82) is 0 Å². The molecule has 14 heteroatoms. The molecule has 0 saturated carbocycles. The van der Waals surface area contributed by atoms with Gasteiger partial charge in [0.25, 0.3) is 5.69 Å². The van der Waals surface area contributed by atoms with Gasteiger partial charge in [-0.25, -0.2) is 22.0 Å². The second-order valence-electron chi connectivity index (χ2n) is 8.35. The highest BCUT2D eigenvalue weighted by Crippen LogP contribution is 2.34.